The molecule has 3 aromatic rings. The van der Waals surface area contributed by atoms with E-state index in [1.54, 1.807) is 24.3 Å². The molecular formula is C24H23N3O7. The maximum absolute atomic E-state index is 13.6. The van der Waals surface area contributed by atoms with E-state index in [4.69, 9.17) is 9.15 Å². The SMILES string of the molecule is COc1cccc2cc(C(=O)C3=C(O)C(=O)N(CCN(C)C)[C@@H]3c3cccc([N+](=O)[O-])c3)oc12. The number of hydrogen-bond donors (Lipinski definition) is 1. The molecule has 34 heavy (non-hydrogen) atoms. The normalized spacial score (nSPS) is 16.1. The molecule has 2 heterocycles. The van der Waals surface area contributed by atoms with Gasteiger partial charge in [-0.05, 0) is 31.8 Å². The zero-order valence-corrected chi connectivity index (χ0v) is 18.8. The van der Waals surface area contributed by atoms with E-state index < -0.39 is 28.4 Å². The standard InChI is InChI=1S/C24H23N3O7/c1-25(2)10-11-26-20(14-6-4-8-16(12-14)27(31)32)19(22(29)24(26)30)21(28)18-13-15-7-5-9-17(33-3)23(15)34-18/h4-9,12-13,20,29H,10-11H2,1-3H3/t20-/m1/s1. The van der Waals surface area contributed by atoms with Gasteiger partial charge in [0.05, 0.1) is 23.6 Å². The van der Waals surface area contributed by atoms with Crippen molar-refractivity contribution in [2.75, 3.05) is 34.3 Å². The van der Waals surface area contributed by atoms with E-state index >= 15 is 0 Å². The monoisotopic (exact) mass is 465 g/mol. The number of hydrogen-bond acceptors (Lipinski definition) is 8. The minimum Gasteiger partial charge on any atom is -0.503 e. The Balaban J connectivity index is 1.83. The molecule has 176 valence electrons. The molecule has 10 nitrogen and oxygen atoms in total. The third-order valence-corrected chi connectivity index (χ3v) is 5.68. The molecule has 0 aliphatic carbocycles. The Morgan fingerprint density at radius 1 is 1.24 bits per heavy atom. The lowest BCUT2D eigenvalue weighted by molar-refractivity contribution is -0.384. The molecule has 1 amide bonds. The Bertz CT molecular complexity index is 1330. The molecule has 2 aromatic carbocycles. The van der Waals surface area contributed by atoms with Gasteiger partial charge in [0.15, 0.2) is 22.9 Å². The maximum Gasteiger partial charge on any atom is 0.290 e. The molecule has 1 aliphatic heterocycles. The molecule has 1 atom stereocenters. The van der Waals surface area contributed by atoms with Gasteiger partial charge in [-0.2, -0.15) is 0 Å². The number of amides is 1. The van der Waals surface area contributed by atoms with Gasteiger partial charge in [-0.3, -0.25) is 19.7 Å². The van der Waals surface area contributed by atoms with E-state index in [0.29, 0.717) is 28.8 Å². The number of nitrogens with zero attached hydrogens (tertiary/aromatic N) is 3. The van der Waals surface area contributed by atoms with Crippen LogP contribution in [0, 0.1) is 10.1 Å². The van der Waals surface area contributed by atoms with Crippen molar-refractivity contribution in [1.82, 2.24) is 9.80 Å². The molecule has 0 spiro atoms. The highest BCUT2D eigenvalue weighted by atomic mass is 16.6. The van der Waals surface area contributed by atoms with Gasteiger partial charge in [-0.25, -0.2) is 0 Å². The van der Waals surface area contributed by atoms with Gasteiger partial charge < -0.3 is 24.1 Å². The van der Waals surface area contributed by atoms with Crippen LogP contribution in [0.2, 0.25) is 0 Å². The highest BCUT2D eigenvalue weighted by Gasteiger charge is 2.44. The topological polar surface area (TPSA) is 126 Å². The molecule has 0 unspecified atom stereocenters. The third kappa shape index (κ3) is 3.99. The fourth-order valence-corrected chi connectivity index (χ4v) is 4.02. The average molecular weight is 465 g/mol. The number of likely N-dealkylation sites (N-methyl/N-ethyl adjacent to an activating group) is 1. The summed E-state index contributed by atoms with van der Waals surface area (Å²) in [4.78, 5) is 40.6. The number of aliphatic hydroxyl groups is 1. The molecule has 1 N–H and O–H groups in total. The van der Waals surface area contributed by atoms with Crippen LogP contribution in [-0.2, 0) is 4.79 Å². The molecule has 0 saturated carbocycles. The van der Waals surface area contributed by atoms with Crippen LogP contribution in [0.3, 0.4) is 0 Å². The van der Waals surface area contributed by atoms with Gasteiger partial charge >= 0.3 is 0 Å². The van der Waals surface area contributed by atoms with Gasteiger partial charge in [0.2, 0.25) is 5.78 Å². The number of rotatable bonds is 8. The molecule has 1 aliphatic rings. The van der Waals surface area contributed by atoms with Crippen molar-refractivity contribution in [3.63, 3.8) is 0 Å². The summed E-state index contributed by atoms with van der Waals surface area (Å²) in [7, 11) is 5.12. The summed E-state index contributed by atoms with van der Waals surface area (Å²) in [5, 5.41) is 22.7. The molecule has 0 bridgehead atoms. The summed E-state index contributed by atoms with van der Waals surface area (Å²) in [5.41, 5.74) is 0.308. The predicted molar refractivity (Wildman–Crippen MR) is 123 cm³/mol. The maximum atomic E-state index is 13.6. The zero-order valence-electron chi connectivity index (χ0n) is 18.8. The second kappa shape index (κ2) is 8.99. The number of aliphatic hydroxyl groups excluding tert-OH is 1. The Morgan fingerprint density at radius 2 is 1.97 bits per heavy atom. The number of ketones is 1. The Kier molecular flexibility index (Phi) is 6.08. The number of para-hydroxylation sites is 1. The second-order valence-electron chi connectivity index (χ2n) is 8.14. The number of nitro benzene ring substituents is 1. The van der Waals surface area contributed by atoms with Gasteiger partial charge in [-0.1, -0.05) is 24.3 Å². The van der Waals surface area contributed by atoms with Crippen LogP contribution in [0.25, 0.3) is 11.0 Å². The Hall–Kier alpha value is -4.18. The van der Waals surface area contributed by atoms with E-state index in [0.717, 1.165) is 0 Å². The van der Waals surface area contributed by atoms with Crippen LogP contribution in [-0.4, -0.2) is 65.8 Å². The first kappa shape index (κ1) is 23.0. The molecule has 0 saturated heterocycles. The lowest BCUT2D eigenvalue weighted by Gasteiger charge is -2.27. The molecule has 4 rings (SSSR count). The number of furan rings is 1. The number of non-ortho nitro benzene ring substituents is 1. The molecular weight excluding hydrogens is 442 g/mol. The van der Waals surface area contributed by atoms with Crippen molar-refractivity contribution in [1.29, 1.82) is 0 Å². The number of methoxy groups -OCH3 is 1. The fraction of sp³-hybridized carbons (Fsp3) is 0.250. The summed E-state index contributed by atoms with van der Waals surface area (Å²) in [6.07, 6.45) is 0. The summed E-state index contributed by atoms with van der Waals surface area (Å²) in [5.74, 6) is -1.77. The van der Waals surface area contributed by atoms with E-state index in [2.05, 4.69) is 0 Å². The van der Waals surface area contributed by atoms with Gasteiger partial charge in [0.1, 0.15) is 0 Å². The summed E-state index contributed by atoms with van der Waals surface area (Å²) in [6.45, 7) is 0.641. The fourth-order valence-electron chi connectivity index (χ4n) is 4.02. The summed E-state index contributed by atoms with van der Waals surface area (Å²) in [6, 6.07) is 11.4. The summed E-state index contributed by atoms with van der Waals surface area (Å²) < 4.78 is 11.0. The lowest BCUT2D eigenvalue weighted by Crippen LogP contribution is -2.36. The van der Waals surface area contributed by atoms with Crippen molar-refractivity contribution >= 4 is 28.3 Å². The highest BCUT2D eigenvalue weighted by molar-refractivity contribution is 6.16. The number of benzene rings is 2. The number of carbonyl (C=O) groups excluding carboxylic acids is 2. The second-order valence-corrected chi connectivity index (χ2v) is 8.14. The zero-order chi connectivity index (χ0) is 24.6. The minimum atomic E-state index is -1.02. The Morgan fingerprint density at radius 3 is 2.65 bits per heavy atom. The largest absolute Gasteiger partial charge is 0.503 e. The van der Waals surface area contributed by atoms with Crippen molar-refractivity contribution in [3.8, 4) is 5.75 Å². The average Bonchev–Trinajstić information content (AvgIpc) is 3.36. The minimum absolute atomic E-state index is 0.0845. The summed E-state index contributed by atoms with van der Waals surface area (Å²) >= 11 is 0. The third-order valence-electron chi connectivity index (χ3n) is 5.68. The first-order valence-electron chi connectivity index (χ1n) is 10.5. The number of fused-ring (bicyclic) bond motifs is 1. The first-order chi connectivity index (χ1) is 16.2. The smallest absolute Gasteiger partial charge is 0.290 e. The van der Waals surface area contributed by atoms with Crippen LogP contribution in [0.15, 0.2) is 64.3 Å². The number of nitro groups is 1. The van der Waals surface area contributed by atoms with Crippen LogP contribution in [0.1, 0.15) is 22.2 Å². The lowest BCUT2D eigenvalue weighted by atomic mass is 9.94. The molecule has 0 radical (unpaired) electrons. The van der Waals surface area contributed by atoms with E-state index in [1.807, 2.05) is 19.0 Å². The van der Waals surface area contributed by atoms with E-state index in [-0.39, 0.29) is 23.6 Å². The number of carbonyl (C=O) groups is 2. The number of ether oxygens (including phenoxy) is 1. The molecule has 0 fully saturated rings. The number of Topliss-reactive ketones (excluding diaryl/α,β-unsaturated/α-hetero) is 1. The predicted octanol–water partition coefficient (Wildman–Crippen LogP) is 3.49. The first-order valence-corrected chi connectivity index (χ1v) is 10.5. The van der Waals surface area contributed by atoms with Crippen LogP contribution >= 0.6 is 0 Å². The van der Waals surface area contributed by atoms with Crippen molar-refractivity contribution < 1.29 is 28.8 Å². The highest BCUT2D eigenvalue weighted by Crippen LogP contribution is 2.40. The van der Waals surface area contributed by atoms with Gasteiger partial charge in [0.25, 0.3) is 11.6 Å². The van der Waals surface area contributed by atoms with Crippen LogP contribution in [0.4, 0.5) is 5.69 Å². The Labute approximate surface area is 194 Å². The van der Waals surface area contributed by atoms with Crippen molar-refractivity contribution in [3.05, 3.63) is 81.3 Å². The molecule has 1 aromatic heterocycles. The van der Waals surface area contributed by atoms with Crippen molar-refractivity contribution in [2.24, 2.45) is 0 Å². The van der Waals surface area contributed by atoms with E-state index in [9.17, 15) is 24.8 Å². The van der Waals surface area contributed by atoms with Gasteiger partial charge in [-0.15, -0.1) is 0 Å². The van der Waals surface area contributed by atoms with Crippen molar-refractivity contribution in [2.45, 2.75) is 6.04 Å². The van der Waals surface area contributed by atoms with Crippen LogP contribution in [0.5, 0.6) is 5.75 Å². The quantitative estimate of drug-likeness (QED) is 0.304. The van der Waals surface area contributed by atoms with Crippen LogP contribution < -0.4 is 4.74 Å². The van der Waals surface area contributed by atoms with Gasteiger partial charge in [0, 0.05) is 30.6 Å². The molecule has 10 heteroatoms. The van der Waals surface area contributed by atoms with E-state index in [1.165, 1.54) is 36.3 Å².